The minimum Gasteiger partial charge on any atom is -0.507 e. The third-order valence-corrected chi connectivity index (χ3v) is 5.96. The molecule has 35 heavy (non-hydrogen) atoms. The van der Waals surface area contributed by atoms with E-state index in [4.69, 9.17) is 9.47 Å². The topological polar surface area (TPSA) is 128 Å². The van der Waals surface area contributed by atoms with E-state index in [0.717, 1.165) is 6.08 Å². The quantitative estimate of drug-likeness (QED) is 0.191. The number of phenolic OH excluding ortho intramolecular Hbond substituents is 1. The lowest BCUT2D eigenvalue weighted by atomic mass is 10.2. The SMILES string of the molecule is CC.COC(=O)c1c(O)cccc1OCCCOc1cccc(/C(=C/C=O)S(=O)(=O)NC(C)C)c1. The fraction of sp³-hybridized carbons (Fsp3) is 0.360. The molecule has 0 radical (unpaired) electrons. The Morgan fingerprint density at radius 1 is 1.09 bits per heavy atom. The van der Waals surface area contributed by atoms with Crippen molar-refractivity contribution in [2.75, 3.05) is 20.3 Å². The summed E-state index contributed by atoms with van der Waals surface area (Å²) in [7, 11) is -2.68. The number of benzene rings is 2. The Bertz CT molecular complexity index is 1110. The molecule has 0 fully saturated rings. The molecule has 2 rings (SSSR count). The second-order valence-corrected chi connectivity index (χ2v) is 8.85. The largest absolute Gasteiger partial charge is 0.507 e. The maximum atomic E-state index is 12.6. The predicted octanol–water partition coefficient (Wildman–Crippen LogP) is 3.92. The molecular weight excluding hydrogens is 474 g/mol. The number of rotatable bonds is 12. The Hall–Kier alpha value is -3.37. The van der Waals surface area contributed by atoms with Gasteiger partial charge in [-0.1, -0.05) is 32.0 Å². The Labute approximate surface area is 206 Å². The molecule has 0 aliphatic heterocycles. The minimum atomic E-state index is -3.88. The molecule has 0 aliphatic carbocycles. The van der Waals surface area contributed by atoms with Crippen molar-refractivity contribution in [1.29, 1.82) is 0 Å². The Morgan fingerprint density at radius 3 is 2.37 bits per heavy atom. The van der Waals surface area contributed by atoms with Gasteiger partial charge >= 0.3 is 5.97 Å². The Morgan fingerprint density at radius 2 is 1.74 bits per heavy atom. The molecule has 0 aromatic heterocycles. The molecule has 0 unspecified atom stereocenters. The third-order valence-electron chi connectivity index (χ3n) is 4.23. The van der Waals surface area contributed by atoms with Gasteiger partial charge in [0.25, 0.3) is 0 Å². The van der Waals surface area contributed by atoms with E-state index < -0.39 is 16.0 Å². The van der Waals surface area contributed by atoms with Gasteiger partial charge in [-0.05, 0) is 49.8 Å². The molecule has 2 aromatic carbocycles. The number of aromatic hydroxyl groups is 1. The highest BCUT2D eigenvalue weighted by atomic mass is 32.2. The number of carbonyl (C=O) groups excluding carboxylic acids is 2. The van der Waals surface area contributed by atoms with Crippen LogP contribution in [0, 0.1) is 0 Å². The lowest BCUT2D eigenvalue weighted by molar-refractivity contribution is -0.104. The maximum absolute atomic E-state index is 12.6. The summed E-state index contributed by atoms with van der Waals surface area (Å²) in [6.45, 7) is 7.79. The van der Waals surface area contributed by atoms with E-state index in [0.29, 0.717) is 24.0 Å². The van der Waals surface area contributed by atoms with Crippen LogP contribution in [0.1, 0.15) is 50.0 Å². The van der Waals surface area contributed by atoms with Gasteiger partial charge < -0.3 is 19.3 Å². The van der Waals surface area contributed by atoms with Crippen LogP contribution in [-0.4, -0.2) is 52.1 Å². The molecule has 0 amide bonds. The third kappa shape index (κ3) is 9.06. The van der Waals surface area contributed by atoms with Crippen molar-refractivity contribution in [1.82, 2.24) is 4.72 Å². The van der Waals surface area contributed by atoms with Crippen LogP contribution >= 0.6 is 0 Å². The zero-order chi connectivity index (χ0) is 26.4. The summed E-state index contributed by atoms with van der Waals surface area (Å²) in [6.07, 6.45) is 1.85. The van der Waals surface area contributed by atoms with Gasteiger partial charge in [0.2, 0.25) is 10.0 Å². The maximum Gasteiger partial charge on any atom is 0.345 e. The molecule has 9 nitrogen and oxygen atoms in total. The lowest BCUT2D eigenvalue weighted by Gasteiger charge is -2.14. The number of sulfonamides is 1. The van der Waals surface area contributed by atoms with Gasteiger partial charge in [-0.15, -0.1) is 0 Å². The molecule has 2 aromatic rings. The number of carbonyl (C=O) groups is 2. The van der Waals surface area contributed by atoms with Crippen LogP contribution in [0.4, 0.5) is 0 Å². The number of ether oxygens (including phenoxy) is 3. The first kappa shape index (κ1) is 29.7. The zero-order valence-corrected chi connectivity index (χ0v) is 21.4. The number of hydrogen-bond acceptors (Lipinski definition) is 8. The normalized spacial score (nSPS) is 11.3. The van der Waals surface area contributed by atoms with E-state index in [1.165, 1.54) is 19.2 Å². The predicted molar refractivity (Wildman–Crippen MR) is 134 cm³/mol. The standard InChI is InChI=1S/C23H27NO8S.C2H6/c1-16(2)24-33(28,29)21(11-12-25)17-7-4-8-18(15-17)31-13-6-14-32-20-10-5-9-19(26)22(20)23(27)30-3;1-2/h4-5,7-12,15-16,24,26H,6,13-14H2,1-3H3;1-2H3/b21-11-;. The molecular formula is C25H33NO8S. The van der Waals surface area contributed by atoms with Gasteiger partial charge in [-0.3, -0.25) is 4.79 Å². The lowest BCUT2D eigenvalue weighted by Crippen LogP contribution is -2.30. The summed E-state index contributed by atoms with van der Waals surface area (Å²) in [5.74, 6) is -0.349. The summed E-state index contributed by atoms with van der Waals surface area (Å²) in [5.41, 5.74) is 0.255. The van der Waals surface area contributed by atoms with Crippen LogP contribution in [0.5, 0.6) is 17.2 Å². The molecule has 0 spiro atoms. The number of aldehydes is 1. The van der Waals surface area contributed by atoms with Gasteiger partial charge in [0.15, 0.2) is 0 Å². The van der Waals surface area contributed by atoms with E-state index >= 15 is 0 Å². The molecule has 0 bridgehead atoms. The Balaban J connectivity index is 0.00000298. The van der Waals surface area contributed by atoms with Crippen LogP contribution in [0.2, 0.25) is 0 Å². The monoisotopic (exact) mass is 507 g/mol. The van der Waals surface area contributed by atoms with Crippen molar-refractivity contribution in [2.24, 2.45) is 0 Å². The molecule has 2 N–H and O–H groups in total. The van der Waals surface area contributed by atoms with Crippen molar-refractivity contribution in [3.8, 4) is 17.2 Å². The molecule has 0 atom stereocenters. The molecule has 192 valence electrons. The van der Waals surface area contributed by atoms with Crippen LogP contribution in [0.15, 0.2) is 48.5 Å². The number of esters is 1. The Kier molecular flexibility index (Phi) is 12.5. The molecule has 0 aliphatic rings. The minimum absolute atomic E-state index is 0.0562. The van der Waals surface area contributed by atoms with Crippen molar-refractivity contribution in [3.05, 3.63) is 59.7 Å². The van der Waals surface area contributed by atoms with E-state index in [2.05, 4.69) is 9.46 Å². The molecule has 10 heteroatoms. The van der Waals surface area contributed by atoms with Crippen molar-refractivity contribution in [2.45, 2.75) is 40.2 Å². The summed E-state index contributed by atoms with van der Waals surface area (Å²) in [5, 5.41) is 9.88. The van der Waals surface area contributed by atoms with E-state index in [1.807, 2.05) is 13.8 Å². The number of phenols is 1. The fourth-order valence-electron chi connectivity index (χ4n) is 2.89. The van der Waals surface area contributed by atoms with Crippen molar-refractivity contribution in [3.63, 3.8) is 0 Å². The van der Waals surface area contributed by atoms with Gasteiger partial charge in [-0.25, -0.2) is 17.9 Å². The van der Waals surface area contributed by atoms with E-state index in [9.17, 15) is 23.1 Å². The first-order valence-corrected chi connectivity index (χ1v) is 12.6. The average molecular weight is 508 g/mol. The number of allylic oxidation sites excluding steroid dienone is 1. The van der Waals surface area contributed by atoms with Gasteiger partial charge in [0.1, 0.15) is 29.1 Å². The molecule has 0 saturated heterocycles. The summed E-state index contributed by atoms with van der Waals surface area (Å²) in [4.78, 5) is 22.7. The van der Waals surface area contributed by atoms with Gasteiger partial charge in [0, 0.05) is 12.5 Å². The summed E-state index contributed by atoms with van der Waals surface area (Å²) >= 11 is 0. The highest BCUT2D eigenvalue weighted by Crippen LogP contribution is 2.28. The second kappa shape index (κ2) is 14.8. The first-order chi connectivity index (χ1) is 16.7. The zero-order valence-electron chi connectivity index (χ0n) is 20.6. The van der Waals surface area contributed by atoms with Crippen molar-refractivity contribution < 1.29 is 37.3 Å². The fourth-order valence-corrected chi connectivity index (χ4v) is 4.31. The van der Waals surface area contributed by atoms with Crippen LogP contribution < -0.4 is 14.2 Å². The van der Waals surface area contributed by atoms with Crippen LogP contribution in [0.25, 0.3) is 4.91 Å². The smallest absolute Gasteiger partial charge is 0.345 e. The molecule has 0 saturated carbocycles. The van der Waals surface area contributed by atoms with Crippen molar-refractivity contribution >= 4 is 27.2 Å². The highest BCUT2D eigenvalue weighted by molar-refractivity contribution is 7.98. The van der Waals surface area contributed by atoms with Crippen LogP contribution in [0.3, 0.4) is 0 Å². The second-order valence-electron chi connectivity index (χ2n) is 7.16. The van der Waals surface area contributed by atoms with Gasteiger partial charge in [-0.2, -0.15) is 0 Å². The average Bonchev–Trinajstić information content (AvgIpc) is 2.82. The number of nitrogens with one attached hydrogen (secondary N) is 1. The molecule has 0 heterocycles. The number of hydrogen-bond donors (Lipinski definition) is 2. The van der Waals surface area contributed by atoms with Gasteiger partial charge in [0.05, 0.1) is 25.2 Å². The summed E-state index contributed by atoms with van der Waals surface area (Å²) < 4.78 is 43.5. The first-order valence-electron chi connectivity index (χ1n) is 11.1. The van der Waals surface area contributed by atoms with Crippen LogP contribution in [-0.2, 0) is 19.6 Å². The number of methoxy groups -OCH3 is 1. The summed E-state index contributed by atoms with van der Waals surface area (Å²) in [6, 6.07) is 10.5. The van der Waals surface area contributed by atoms with E-state index in [1.54, 1.807) is 44.2 Å². The van der Waals surface area contributed by atoms with E-state index in [-0.39, 0.29) is 41.2 Å². The highest BCUT2D eigenvalue weighted by Gasteiger charge is 2.21.